The van der Waals surface area contributed by atoms with Crippen molar-refractivity contribution in [2.24, 2.45) is 0 Å². The third-order valence-electron chi connectivity index (χ3n) is 2.56. The normalized spacial score (nSPS) is 20.8. The maximum Gasteiger partial charge on any atom is 0.241 e. The second-order valence-corrected chi connectivity index (χ2v) is 6.76. The van der Waals surface area contributed by atoms with E-state index >= 15 is 0 Å². The van der Waals surface area contributed by atoms with Crippen molar-refractivity contribution in [1.29, 1.82) is 0 Å². The Balaban J connectivity index is 2.19. The van der Waals surface area contributed by atoms with Crippen LogP contribution >= 0.6 is 11.8 Å². The molecule has 1 aliphatic heterocycles. The highest BCUT2D eigenvalue weighted by Gasteiger charge is 2.29. The molecule has 1 heterocycles. The largest absolute Gasteiger partial charge is 0.285 e. The van der Waals surface area contributed by atoms with E-state index in [1.165, 1.54) is 11.8 Å². The predicted molar refractivity (Wildman–Crippen MR) is 67.4 cm³/mol. The summed E-state index contributed by atoms with van der Waals surface area (Å²) in [6.45, 7) is 1.89. The topological polar surface area (TPSA) is 63.2 Å². The molecule has 1 fully saturated rings. The fraction of sp³-hybridized carbons (Fsp3) is 0.364. The standard InChI is InChI=1S/C11H13NO3S2/c1-8-2-4-9(5-3-8)17(14,15)12-10-6-7-16-11(10)13/h2-5,10,12H,6-7H2,1H3/t10-/m0/s1. The summed E-state index contributed by atoms with van der Waals surface area (Å²) in [4.78, 5) is 11.6. The second-order valence-electron chi connectivity index (χ2n) is 3.94. The van der Waals surface area contributed by atoms with Crippen LogP contribution in [0.25, 0.3) is 0 Å². The third kappa shape index (κ3) is 2.88. The van der Waals surface area contributed by atoms with Gasteiger partial charge in [0.05, 0.1) is 10.9 Å². The Hall–Kier alpha value is -0.850. The van der Waals surface area contributed by atoms with Crippen LogP contribution in [-0.4, -0.2) is 25.3 Å². The van der Waals surface area contributed by atoms with Crippen LogP contribution in [0.15, 0.2) is 29.2 Å². The van der Waals surface area contributed by atoms with Gasteiger partial charge in [-0.3, -0.25) is 4.79 Å². The molecule has 1 atom stereocenters. The molecule has 1 aliphatic rings. The first-order chi connectivity index (χ1) is 7.99. The number of aryl methyl sites for hydroxylation is 1. The van der Waals surface area contributed by atoms with Crippen LogP contribution in [0, 0.1) is 6.92 Å². The predicted octanol–water partition coefficient (Wildman–Crippen LogP) is 1.31. The van der Waals surface area contributed by atoms with Gasteiger partial charge in [-0.05, 0) is 25.5 Å². The van der Waals surface area contributed by atoms with Crippen molar-refractivity contribution in [1.82, 2.24) is 4.72 Å². The summed E-state index contributed by atoms with van der Waals surface area (Å²) < 4.78 is 26.4. The molecule has 0 radical (unpaired) electrons. The van der Waals surface area contributed by atoms with Crippen LogP contribution in [-0.2, 0) is 14.8 Å². The number of nitrogens with one attached hydrogen (secondary N) is 1. The maximum atomic E-state index is 12.0. The van der Waals surface area contributed by atoms with Gasteiger partial charge in [0, 0.05) is 5.75 Å². The molecule has 0 saturated carbocycles. The molecule has 0 bridgehead atoms. The van der Waals surface area contributed by atoms with Crippen LogP contribution in [0.1, 0.15) is 12.0 Å². The Kier molecular flexibility index (Phi) is 3.56. The molecule has 1 aromatic rings. The molecular weight excluding hydrogens is 258 g/mol. The minimum absolute atomic E-state index is 0.0966. The highest BCUT2D eigenvalue weighted by molar-refractivity contribution is 8.14. The number of carbonyl (C=O) groups is 1. The molecule has 1 aromatic carbocycles. The van der Waals surface area contributed by atoms with Gasteiger partial charge in [0.15, 0.2) is 0 Å². The molecule has 0 amide bonds. The van der Waals surface area contributed by atoms with Gasteiger partial charge in [0.1, 0.15) is 0 Å². The van der Waals surface area contributed by atoms with Crippen LogP contribution < -0.4 is 4.72 Å². The molecule has 6 heteroatoms. The number of carbonyl (C=O) groups excluding carboxylic acids is 1. The lowest BCUT2D eigenvalue weighted by atomic mass is 10.2. The van der Waals surface area contributed by atoms with E-state index < -0.39 is 16.1 Å². The van der Waals surface area contributed by atoms with Crippen LogP contribution in [0.2, 0.25) is 0 Å². The molecule has 1 saturated heterocycles. The smallest absolute Gasteiger partial charge is 0.241 e. The van der Waals surface area contributed by atoms with Gasteiger partial charge in [0.2, 0.25) is 15.1 Å². The van der Waals surface area contributed by atoms with Crippen molar-refractivity contribution in [2.45, 2.75) is 24.3 Å². The third-order valence-corrected chi connectivity index (χ3v) is 5.06. The van der Waals surface area contributed by atoms with E-state index in [4.69, 9.17) is 0 Å². The molecule has 17 heavy (non-hydrogen) atoms. The van der Waals surface area contributed by atoms with E-state index in [0.717, 1.165) is 5.56 Å². The number of hydrogen-bond donors (Lipinski definition) is 1. The Morgan fingerprint density at radius 1 is 1.29 bits per heavy atom. The Labute approximate surface area is 105 Å². The van der Waals surface area contributed by atoms with Crippen LogP contribution in [0.3, 0.4) is 0 Å². The van der Waals surface area contributed by atoms with Gasteiger partial charge in [-0.15, -0.1) is 0 Å². The highest BCUT2D eigenvalue weighted by atomic mass is 32.2. The molecule has 0 spiro atoms. The summed E-state index contributed by atoms with van der Waals surface area (Å²) in [6.07, 6.45) is 0.564. The van der Waals surface area contributed by atoms with Gasteiger partial charge in [-0.1, -0.05) is 29.5 Å². The number of benzene rings is 1. The Morgan fingerprint density at radius 3 is 2.47 bits per heavy atom. The fourth-order valence-electron chi connectivity index (χ4n) is 1.58. The number of sulfonamides is 1. The number of rotatable bonds is 3. The summed E-state index contributed by atoms with van der Waals surface area (Å²) in [6, 6.07) is 5.99. The number of hydrogen-bond acceptors (Lipinski definition) is 4. The molecule has 2 rings (SSSR count). The SMILES string of the molecule is Cc1ccc(S(=O)(=O)N[C@H]2CCSC2=O)cc1. The van der Waals surface area contributed by atoms with E-state index in [1.54, 1.807) is 24.3 Å². The van der Waals surface area contributed by atoms with Gasteiger partial charge < -0.3 is 0 Å². The lowest BCUT2D eigenvalue weighted by Crippen LogP contribution is -2.37. The molecule has 0 aromatic heterocycles. The summed E-state index contributed by atoms with van der Waals surface area (Å²) >= 11 is 1.18. The fourth-order valence-corrected chi connectivity index (χ4v) is 3.81. The highest BCUT2D eigenvalue weighted by Crippen LogP contribution is 2.21. The minimum Gasteiger partial charge on any atom is -0.285 e. The zero-order chi connectivity index (χ0) is 12.5. The van der Waals surface area contributed by atoms with E-state index in [2.05, 4.69) is 4.72 Å². The monoisotopic (exact) mass is 271 g/mol. The molecule has 0 unspecified atom stereocenters. The molecule has 1 N–H and O–H groups in total. The molecule has 0 aliphatic carbocycles. The van der Waals surface area contributed by atoms with Gasteiger partial charge in [0.25, 0.3) is 0 Å². The Morgan fingerprint density at radius 2 is 1.94 bits per heavy atom. The van der Waals surface area contributed by atoms with Gasteiger partial charge in [-0.2, -0.15) is 4.72 Å². The first kappa shape index (κ1) is 12.6. The first-order valence-corrected chi connectivity index (χ1v) is 7.71. The minimum atomic E-state index is -3.58. The summed E-state index contributed by atoms with van der Waals surface area (Å²) in [7, 11) is -3.58. The zero-order valence-electron chi connectivity index (χ0n) is 9.34. The van der Waals surface area contributed by atoms with Crippen LogP contribution in [0.5, 0.6) is 0 Å². The lowest BCUT2D eigenvalue weighted by Gasteiger charge is -2.10. The average molecular weight is 271 g/mol. The van der Waals surface area contributed by atoms with Crippen LogP contribution in [0.4, 0.5) is 0 Å². The second kappa shape index (κ2) is 4.80. The van der Waals surface area contributed by atoms with E-state index in [1.807, 2.05) is 6.92 Å². The summed E-state index contributed by atoms with van der Waals surface area (Å²) in [5.74, 6) is 0.680. The van der Waals surface area contributed by atoms with Crippen molar-refractivity contribution in [3.05, 3.63) is 29.8 Å². The average Bonchev–Trinajstić information content (AvgIpc) is 2.64. The van der Waals surface area contributed by atoms with Gasteiger partial charge >= 0.3 is 0 Å². The lowest BCUT2D eigenvalue weighted by molar-refractivity contribution is -0.111. The van der Waals surface area contributed by atoms with Crippen molar-refractivity contribution in [2.75, 3.05) is 5.75 Å². The molecular formula is C11H13NO3S2. The van der Waals surface area contributed by atoms with Crippen molar-refractivity contribution < 1.29 is 13.2 Å². The van der Waals surface area contributed by atoms with Gasteiger partial charge in [-0.25, -0.2) is 8.42 Å². The van der Waals surface area contributed by atoms with E-state index in [-0.39, 0.29) is 10.0 Å². The summed E-state index contributed by atoms with van der Waals surface area (Å²) in [5.41, 5.74) is 0.997. The first-order valence-electron chi connectivity index (χ1n) is 5.25. The molecule has 4 nitrogen and oxygen atoms in total. The maximum absolute atomic E-state index is 12.0. The van der Waals surface area contributed by atoms with E-state index in [9.17, 15) is 13.2 Å². The van der Waals surface area contributed by atoms with Crippen molar-refractivity contribution >= 4 is 26.9 Å². The molecule has 92 valence electrons. The number of thioether (sulfide) groups is 1. The van der Waals surface area contributed by atoms with E-state index in [0.29, 0.717) is 12.2 Å². The Bertz CT molecular complexity index is 522. The van der Waals surface area contributed by atoms with Crippen molar-refractivity contribution in [3.63, 3.8) is 0 Å². The van der Waals surface area contributed by atoms with Crippen molar-refractivity contribution in [3.8, 4) is 0 Å². The quantitative estimate of drug-likeness (QED) is 0.900. The summed E-state index contributed by atoms with van der Waals surface area (Å²) in [5, 5.41) is -0.0966. The zero-order valence-corrected chi connectivity index (χ0v) is 11.0.